The Hall–Kier alpha value is -3.80. The topological polar surface area (TPSA) is 132 Å². The number of hydrogen-bond donors (Lipinski definition) is 1. The fraction of sp³-hybridized carbons (Fsp3) is 0.300. The van der Waals surface area contributed by atoms with Gasteiger partial charge >= 0.3 is 11.9 Å². The summed E-state index contributed by atoms with van der Waals surface area (Å²) in [6.07, 6.45) is 0. The van der Waals surface area contributed by atoms with Gasteiger partial charge in [0.1, 0.15) is 29.5 Å². The predicted molar refractivity (Wildman–Crippen MR) is 99.7 cm³/mol. The third-order valence-corrected chi connectivity index (χ3v) is 4.88. The van der Waals surface area contributed by atoms with Crippen molar-refractivity contribution in [2.24, 2.45) is 5.73 Å². The van der Waals surface area contributed by atoms with Gasteiger partial charge in [-0.2, -0.15) is 5.26 Å². The van der Waals surface area contributed by atoms with Crippen LogP contribution in [0.4, 0.5) is 5.69 Å². The van der Waals surface area contributed by atoms with E-state index in [4.69, 9.17) is 19.9 Å². The number of nitrogens with two attached hydrogens (primary N) is 1. The first-order valence-corrected chi connectivity index (χ1v) is 8.79. The van der Waals surface area contributed by atoms with Crippen molar-refractivity contribution in [3.05, 3.63) is 52.6 Å². The van der Waals surface area contributed by atoms with Crippen molar-refractivity contribution >= 4 is 23.5 Å². The second-order valence-corrected chi connectivity index (χ2v) is 6.34. The number of amides is 1. The molecule has 0 saturated carbocycles. The van der Waals surface area contributed by atoms with Crippen molar-refractivity contribution in [3.63, 3.8) is 0 Å². The molecule has 0 aromatic heterocycles. The van der Waals surface area contributed by atoms with Crippen LogP contribution < -0.4 is 10.6 Å². The van der Waals surface area contributed by atoms with Crippen LogP contribution in [0.25, 0.3) is 0 Å². The first-order valence-electron chi connectivity index (χ1n) is 8.79. The molecule has 29 heavy (non-hydrogen) atoms. The summed E-state index contributed by atoms with van der Waals surface area (Å²) in [5, 5.41) is 9.86. The molecule has 1 amide bonds. The summed E-state index contributed by atoms with van der Waals surface area (Å²) in [4.78, 5) is 39.7. The van der Waals surface area contributed by atoms with Crippen LogP contribution in [0, 0.1) is 11.3 Å². The molecule has 0 bridgehead atoms. The largest absolute Gasteiger partial charge is 0.468 e. The van der Waals surface area contributed by atoms with Crippen LogP contribution >= 0.6 is 0 Å². The zero-order valence-corrected chi connectivity index (χ0v) is 16.1. The maximum absolute atomic E-state index is 13.8. The van der Waals surface area contributed by atoms with Crippen LogP contribution in [0.5, 0.6) is 0 Å². The molecule has 0 fully saturated rings. The van der Waals surface area contributed by atoms with Crippen LogP contribution in [0.1, 0.15) is 19.4 Å². The molecule has 1 atom stereocenters. The fourth-order valence-corrected chi connectivity index (χ4v) is 3.77. The number of anilines is 1. The Bertz CT molecular complexity index is 1020. The van der Waals surface area contributed by atoms with Crippen LogP contribution in [-0.4, -0.2) is 38.1 Å². The standard InChI is InChI=1S/C20H19N3O6/c1-4-28-18(25)16-11(2)29-17(22)13(9-21)20(16)12-7-5-6-8-14(12)23(19(20)26)10-15(24)27-3/h5-8H,4,10,22H2,1-3H3/t20-/m0/s1. The lowest BCUT2D eigenvalue weighted by Crippen LogP contribution is -2.49. The number of rotatable bonds is 4. The Labute approximate surface area is 166 Å². The molecule has 2 aliphatic rings. The molecule has 9 heteroatoms. The normalized spacial score (nSPS) is 20.3. The van der Waals surface area contributed by atoms with Gasteiger partial charge in [0.2, 0.25) is 11.8 Å². The highest BCUT2D eigenvalue weighted by molar-refractivity contribution is 6.19. The maximum atomic E-state index is 13.8. The molecule has 0 radical (unpaired) electrons. The summed E-state index contributed by atoms with van der Waals surface area (Å²) in [5.41, 5.74) is 4.38. The minimum Gasteiger partial charge on any atom is -0.468 e. The second-order valence-electron chi connectivity index (χ2n) is 6.34. The average Bonchev–Trinajstić information content (AvgIpc) is 2.92. The molecule has 2 heterocycles. The van der Waals surface area contributed by atoms with E-state index in [0.29, 0.717) is 11.3 Å². The highest BCUT2D eigenvalue weighted by atomic mass is 16.5. The molecule has 1 aromatic carbocycles. The van der Waals surface area contributed by atoms with Gasteiger partial charge in [0, 0.05) is 11.3 Å². The van der Waals surface area contributed by atoms with Crippen molar-refractivity contribution in [1.82, 2.24) is 0 Å². The molecule has 3 rings (SSSR count). The monoisotopic (exact) mass is 397 g/mol. The Balaban J connectivity index is 2.37. The molecule has 0 saturated heterocycles. The minimum absolute atomic E-state index is 0.0445. The summed E-state index contributed by atoms with van der Waals surface area (Å²) >= 11 is 0. The molecule has 1 aromatic rings. The van der Waals surface area contributed by atoms with Gasteiger partial charge in [-0.1, -0.05) is 18.2 Å². The lowest BCUT2D eigenvalue weighted by Gasteiger charge is -2.34. The van der Waals surface area contributed by atoms with Gasteiger partial charge in [-0.3, -0.25) is 14.5 Å². The van der Waals surface area contributed by atoms with E-state index in [0.717, 1.165) is 0 Å². The van der Waals surface area contributed by atoms with E-state index in [2.05, 4.69) is 0 Å². The minimum atomic E-state index is -1.88. The quantitative estimate of drug-likeness (QED) is 0.745. The van der Waals surface area contributed by atoms with Crippen molar-refractivity contribution in [3.8, 4) is 6.07 Å². The zero-order valence-electron chi connectivity index (χ0n) is 16.1. The summed E-state index contributed by atoms with van der Waals surface area (Å²) in [7, 11) is 1.20. The number of benzene rings is 1. The average molecular weight is 397 g/mol. The van der Waals surface area contributed by atoms with E-state index in [1.807, 2.05) is 6.07 Å². The summed E-state index contributed by atoms with van der Waals surface area (Å²) in [6.45, 7) is 2.73. The summed E-state index contributed by atoms with van der Waals surface area (Å²) < 4.78 is 15.3. The zero-order chi connectivity index (χ0) is 21.3. The first-order chi connectivity index (χ1) is 13.8. The van der Waals surface area contributed by atoms with Crippen LogP contribution in [0.15, 0.2) is 47.1 Å². The third-order valence-electron chi connectivity index (χ3n) is 4.88. The molecular formula is C20H19N3O6. The van der Waals surface area contributed by atoms with Gasteiger partial charge in [0.15, 0.2) is 5.41 Å². The van der Waals surface area contributed by atoms with Gasteiger partial charge < -0.3 is 19.9 Å². The highest BCUT2D eigenvalue weighted by Crippen LogP contribution is 2.54. The van der Waals surface area contributed by atoms with Gasteiger partial charge in [-0.25, -0.2) is 4.79 Å². The number of ether oxygens (including phenoxy) is 3. The van der Waals surface area contributed by atoms with Gasteiger partial charge in [0.05, 0.1) is 13.7 Å². The van der Waals surface area contributed by atoms with Gasteiger partial charge in [0.25, 0.3) is 0 Å². The smallest absolute Gasteiger partial charge is 0.339 e. The number of nitriles is 1. The molecule has 150 valence electrons. The molecule has 0 unspecified atom stereocenters. The number of esters is 2. The van der Waals surface area contributed by atoms with E-state index >= 15 is 0 Å². The number of allylic oxidation sites excluding steroid dienone is 1. The lowest BCUT2D eigenvalue weighted by molar-refractivity contribution is -0.141. The number of hydrogen-bond acceptors (Lipinski definition) is 8. The van der Waals surface area contributed by atoms with E-state index in [1.54, 1.807) is 31.2 Å². The number of carbonyl (C=O) groups is 3. The Morgan fingerprint density at radius 3 is 2.66 bits per heavy atom. The number of fused-ring (bicyclic) bond motifs is 2. The van der Waals surface area contributed by atoms with E-state index in [-0.39, 0.29) is 29.4 Å². The van der Waals surface area contributed by atoms with Crippen molar-refractivity contribution < 1.29 is 28.6 Å². The van der Waals surface area contributed by atoms with E-state index < -0.39 is 29.8 Å². The fourth-order valence-electron chi connectivity index (χ4n) is 3.77. The molecule has 2 N–H and O–H groups in total. The van der Waals surface area contributed by atoms with E-state index in [1.165, 1.54) is 18.9 Å². The van der Waals surface area contributed by atoms with E-state index in [9.17, 15) is 19.6 Å². The van der Waals surface area contributed by atoms with Gasteiger partial charge in [-0.05, 0) is 19.9 Å². The number of para-hydroxylation sites is 1. The molecule has 0 aliphatic carbocycles. The first kappa shape index (κ1) is 19.9. The Kier molecular flexibility index (Phi) is 5.03. The highest BCUT2D eigenvalue weighted by Gasteiger charge is 2.62. The van der Waals surface area contributed by atoms with Crippen molar-refractivity contribution in [1.29, 1.82) is 5.26 Å². The number of nitrogens with zero attached hydrogens (tertiary/aromatic N) is 2. The summed E-state index contributed by atoms with van der Waals surface area (Å²) in [5.74, 6) is -2.40. The molecular weight excluding hydrogens is 378 g/mol. The lowest BCUT2D eigenvalue weighted by atomic mass is 9.68. The van der Waals surface area contributed by atoms with Crippen LogP contribution in [0.3, 0.4) is 0 Å². The van der Waals surface area contributed by atoms with Crippen LogP contribution in [-0.2, 0) is 34.0 Å². The number of carbonyl (C=O) groups excluding carboxylic acids is 3. The summed E-state index contributed by atoms with van der Waals surface area (Å²) in [6, 6.07) is 8.47. The number of methoxy groups -OCH3 is 1. The second kappa shape index (κ2) is 7.31. The maximum Gasteiger partial charge on any atom is 0.339 e. The Morgan fingerprint density at radius 2 is 2.03 bits per heavy atom. The van der Waals surface area contributed by atoms with Crippen molar-refractivity contribution in [2.45, 2.75) is 19.3 Å². The predicted octanol–water partition coefficient (Wildman–Crippen LogP) is 1.01. The SMILES string of the molecule is CCOC(=O)C1=C(C)OC(N)=C(C#N)[C@]12C(=O)N(CC(=O)OC)c1ccccc12. The molecule has 2 aliphatic heterocycles. The Morgan fingerprint density at radius 1 is 1.34 bits per heavy atom. The molecule has 9 nitrogen and oxygen atoms in total. The van der Waals surface area contributed by atoms with Crippen LogP contribution in [0.2, 0.25) is 0 Å². The third kappa shape index (κ3) is 2.72. The molecule has 1 spiro atoms. The van der Waals surface area contributed by atoms with Gasteiger partial charge in [-0.15, -0.1) is 0 Å². The van der Waals surface area contributed by atoms with Crippen molar-refractivity contribution in [2.75, 3.05) is 25.2 Å².